The Bertz CT molecular complexity index is 887. The van der Waals surface area contributed by atoms with Crippen molar-refractivity contribution in [2.75, 3.05) is 6.61 Å². The van der Waals surface area contributed by atoms with Gasteiger partial charge in [0.25, 0.3) is 0 Å². The van der Waals surface area contributed by atoms with Crippen LogP contribution in [-0.2, 0) is 11.3 Å². The number of aryl methyl sites for hydroxylation is 2. The van der Waals surface area contributed by atoms with Gasteiger partial charge in [-0.05, 0) is 25.5 Å². The Balaban J connectivity index is 2.62. The normalized spacial score (nSPS) is 12.1. The van der Waals surface area contributed by atoms with Crippen molar-refractivity contribution < 1.29 is 4.74 Å². The molecular formula is C21H25N3OSi. The fraction of sp³-hybridized carbons (Fsp3) is 0.333. The van der Waals surface area contributed by atoms with Crippen molar-refractivity contribution in [3.05, 3.63) is 47.3 Å². The summed E-state index contributed by atoms with van der Waals surface area (Å²) in [7, 11) is -1.40. The van der Waals surface area contributed by atoms with Crippen LogP contribution in [0.15, 0.2) is 30.3 Å². The first-order chi connectivity index (χ1) is 12.3. The van der Waals surface area contributed by atoms with Crippen molar-refractivity contribution in [2.24, 2.45) is 0 Å². The molecule has 2 aromatic rings. The molecule has 1 aromatic heterocycles. The molecule has 0 amide bonds. The third kappa shape index (κ3) is 4.25. The van der Waals surface area contributed by atoms with Gasteiger partial charge in [0.1, 0.15) is 23.9 Å². The fourth-order valence-corrected chi connectivity index (χ4v) is 3.91. The van der Waals surface area contributed by atoms with E-state index in [9.17, 15) is 5.26 Å². The molecular weight excluding hydrogens is 338 g/mol. The smallest absolute Gasteiger partial charge is 0.164 e. The average molecular weight is 364 g/mol. The maximum Gasteiger partial charge on any atom is 0.164 e. The minimum Gasteiger partial charge on any atom is -0.477 e. The number of hydrogen-bond donors (Lipinski definition) is 0. The molecule has 0 aliphatic carbocycles. The van der Waals surface area contributed by atoms with E-state index in [1.54, 1.807) is 0 Å². The average Bonchev–Trinajstić information content (AvgIpc) is 2.98. The molecule has 0 bridgehead atoms. The fourth-order valence-electron chi connectivity index (χ4n) is 2.74. The molecule has 0 aliphatic rings. The largest absolute Gasteiger partial charge is 0.477 e. The number of ether oxygens (including phenoxy) is 1. The van der Waals surface area contributed by atoms with Crippen LogP contribution >= 0.6 is 0 Å². The van der Waals surface area contributed by atoms with Gasteiger partial charge in [0.05, 0.1) is 13.8 Å². The van der Waals surface area contributed by atoms with Crippen molar-refractivity contribution in [3.63, 3.8) is 0 Å². The molecule has 1 aromatic carbocycles. The molecule has 2 rings (SSSR count). The Kier molecular flexibility index (Phi) is 6.08. The molecule has 26 heavy (non-hydrogen) atoms. The second-order valence-electron chi connectivity index (χ2n) is 7.12. The van der Waals surface area contributed by atoms with Gasteiger partial charge in [0, 0.05) is 6.54 Å². The standard InChI is InChI=1S/C21H25N3OSi/c1-7-13-25-21(20-14-16(3)23-24(20)8-2)19(15-22)17-9-11-18(12-10-17)26(4,5)6/h1,9-12,14H,8,13H2,2-6H3/b21-19-. The summed E-state index contributed by atoms with van der Waals surface area (Å²) >= 11 is 0. The summed E-state index contributed by atoms with van der Waals surface area (Å²) in [6.07, 6.45) is 5.38. The van der Waals surface area contributed by atoms with Crippen LogP contribution in [0.25, 0.3) is 11.3 Å². The van der Waals surface area contributed by atoms with Crippen LogP contribution in [0.2, 0.25) is 19.6 Å². The highest BCUT2D eigenvalue weighted by molar-refractivity contribution is 6.88. The second kappa shape index (κ2) is 8.08. The Morgan fingerprint density at radius 3 is 2.42 bits per heavy atom. The Morgan fingerprint density at radius 1 is 1.27 bits per heavy atom. The van der Waals surface area contributed by atoms with Crippen molar-refractivity contribution in [2.45, 2.75) is 40.0 Å². The Labute approximate surface area is 157 Å². The van der Waals surface area contributed by atoms with Crippen molar-refractivity contribution in [3.8, 4) is 18.4 Å². The molecule has 0 fully saturated rings. The molecule has 0 radical (unpaired) electrons. The maximum atomic E-state index is 9.85. The van der Waals surface area contributed by atoms with Crippen LogP contribution in [0, 0.1) is 30.6 Å². The zero-order chi connectivity index (χ0) is 19.3. The van der Waals surface area contributed by atoms with Gasteiger partial charge in [-0.15, -0.1) is 6.42 Å². The van der Waals surface area contributed by atoms with E-state index in [0.29, 0.717) is 17.9 Å². The lowest BCUT2D eigenvalue weighted by atomic mass is 10.0. The summed E-state index contributed by atoms with van der Waals surface area (Å²) in [5.41, 5.74) is 2.93. The monoisotopic (exact) mass is 363 g/mol. The quantitative estimate of drug-likeness (QED) is 0.339. The zero-order valence-electron chi connectivity index (χ0n) is 16.1. The second-order valence-corrected chi connectivity index (χ2v) is 12.2. The van der Waals surface area contributed by atoms with Crippen molar-refractivity contribution in [1.29, 1.82) is 5.26 Å². The first-order valence-corrected chi connectivity index (χ1v) is 12.2. The molecule has 0 N–H and O–H groups in total. The van der Waals surface area contributed by atoms with Crippen LogP contribution in [0.5, 0.6) is 0 Å². The Hall–Kier alpha value is -2.76. The predicted octanol–water partition coefficient (Wildman–Crippen LogP) is 3.80. The SMILES string of the molecule is C#CCO/C(=C(/C#N)c1ccc([Si](C)(C)C)cc1)c1cc(C)nn1CC. The number of hydrogen-bond acceptors (Lipinski definition) is 3. The molecule has 0 unspecified atom stereocenters. The number of aromatic nitrogens is 2. The van der Waals surface area contributed by atoms with Gasteiger partial charge in [0.2, 0.25) is 0 Å². The van der Waals surface area contributed by atoms with E-state index in [1.807, 2.05) is 36.7 Å². The first kappa shape index (κ1) is 19.6. The number of allylic oxidation sites excluding steroid dienone is 1. The van der Waals surface area contributed by atoms with Crippen LogP contribution in [0.4, 0.5) is 0 Å². The number of nitrogens with zero attached hydrogens (tertiary/aromatic N) is 3. The summed E-state index contributed by atoms with van der Waals surface area (Å²) in [6, 6.07) is 12.4. The Morgan fingerprint density at radius 2 is 1.92 bits per heavy atom. The topological polar surface area (TPSA) is 50.8 Å². The molecule has 0 spiro atoms. The van der Waals surface area contributed by atoms with Gasteiger partial charge in [-0.1, -0.05) is 55.0 Å². The highest BCUT2D eigenvalue weighted by Crippen LogP contribution is 2.27. The lowest BCUT2D eigenvalue weighted by molar-refractivity contribution is 0.323. The van der Waals surface area contributed by atoms with Gasteiger partial charge in [-0.25, -0.2) is 0 Å². The number of terminal acetylenes is 1. The minimum absolute atomic E-state index is 0.0987. The minimum atomic E-state index is -1.40. The van der Waals surface area contributed by atoms with Gasteiger partial charge in [0.15, 0.2) is 5.76 Å². The maximum absolute atomic E-state index is 9.85. The van der Waals surface area contributed by atoms with E-state index >= 15 is 0 Å². The van der Waals surface area contributed by atoms with Gasteiger partial charge in [-0.2, -0.15) is 10.4 Å². The summed E-state index contributed by atoms with van der Waals surface area (Å²) in [4.78, 5) is 0. The van der Waals surface area contributed by atoms with Gasteiger partial charge in [-0.3, -0.25) is 4.68 Å². The number of rotatable bonds is 6. The highest BCUT2D eigenvalue weighted by Gasteiger charge is 2.20. The summed E-state index contributed by atoms with van der Waals surface area (Å²) in [5.74, 6) is 2.96. The van der Waals surface area contributed by atoms with Gasteiger partial charge < -0.3 is 4.74 Å². The van der Waals surface area contributed by atoms with Crippen LogP contribution in [0.1, 0.15) is 23.9 Å². The number of nitriles is 1. The lowest BCUT2D eigenvalue weighted by Gasteiger charge is -2.17. The van der Waals surface area contributed by atoms with E-state index in [0.717, 1.165) is 17.0 Å². The highest BCUT2D eigenvalue weighted by atomic mass is 28.3. The summed E-state index contributed by atoms with van der Waals surface area (Å²) in [5, 5.41) is 15.7. The van der Waals surface area contributed by atoms with Gasteiger partial charge >= 0.3 is 0 Å². The molecule has 0 aliphatic heterocycles. The van der Waals surface area contributed by atoms with E-state index in [1.165, 1.54) is 5.19 Å². The zero-order valence-corrected chi connectivity index (χ0v) is 17.1. The third-order valence-electron chi connectivity index (χ3n) is 4.11. The molecule has 134 valence electrons. The molecule has 0 atom stereocenters. The van der Waals surface area contributed by atoms with Crippen LogP contribution in [0.3, 0.4) is 0 Å². The number of benzene rings is 1. The van der Waals surface area contributed by atoms with Crippen LogP contribution < -0.4 is 5.19 Å². The van der Waals surface area contributed by atoms with Crippen LogP contribution in [-0.4, -0.2) is 24.5 Å². The molecule has 5 heteroatoms. The third-order valence-corrected chi connectivity index (χ3v) is 6.18. The molecule has 0 saturated carbocycles. The van der Waals surface area contributed by atoms with E-state index in [-0.39, 0.29) is 6.61 Å². The van der Waals surface area contributed by atoms with E-state index < -0.39 is 8.07 Å². The predicted molar refractivity (Wildman–Crippen MR) is 109 cm³/mol. The van der Waals surface area contributed by atoms with E-state index in [2.05, 4.69) is 48.9 Å². The van der Waals surface area contributed by atoms with Crippen molar-refractivity contribution >= 4 is 24.6 Å². The summed E-state index contributed by atoms with van der Waals surface area (Å²) in [6.45, 7) is 11.6. The molecule has 1 heterocycles. The lowest BCUT2D eigenvalue weighted by Crippen LogP contribution is -2.37. The molecule has 0 saturated heterocycles. The van der Waals surface area contributed by atoms with Crippen molar-refractivity contribution in [1.82, 2.24) is 9.78 Å². The molecule has 4 nitrogen and oxygen atoms in total. The summed E-state index contributed by atoms with van der Waals surface area (Å²) < 4.78 is 7.64. The first-order valence-electron chi connectivity index (χ1n) is 8.68. The van der Waals surface area contributed by atoms with E-state index in [4.69, 9.17) is 11.2 Å².